The standard InChI is InChI=1S/C17H36O6/c1-7-19-9-14(3)21-11-16(5)23-12-17(6)22-10-15(4)20-8-13(2)18/h13-18H,7-12H2,1-6H3. The summed E-state index contributed by atoms with van der Waals surface area (Å²) < 4.78 is 27.8. The van der Waals surface area contributed by atoms with E-state index in [0.29, 0.717) is 39.6 Å². The second-order valence-corrected chi connectivity index (χ2v) is 6.08. The highest BCUT2D eigenvalue weighted by molar-refractivity contribution is 4.57. The Morgan fingerprint density at radius 3 is 1.30 bits per heavy atom. The van der Waals surface area contributed by atoms with Crippen molar-refractivity contribution in [3.05, 3.63) is 0 Å². The molecule has 0 aliphatic heterocycles. The number of aliphatic hydroxyl groups is 1. The fourth-order valence-corrected chi connectivity index (χ4v) is 1.68. The molecule has 0 aromatic carbocycles. The van der Waals surface area contributed by atoms with E-state index in [4.69, 9.17) is 28.8 Å². The van der Waals surface area contributed by atoms with Gasteiger partial charge in [0.2, 0.25) is 0 Å². The van der Waals surface area contributed by atoms with Gasteiger partial charge in [-0.05, 0) is 41.5 Å². The highest BCUT2D eigenvalue weighted by Crippen LogP contribution is 2.02. The molecule has 0 aromatic heterocycles. The van der Waals surface area contributed by atoms with E-state index in [-0.39, 0.29) is 24.4 Å². The van der Waals surface area contributed by atoms with E-state index in [9.17, 15) is 0 Å². The molecule has 0 spiro atoms. The van der Waals surface area contributed by atoms with Crippen molar-refractivity contribution in [1.82, 2.24) is 0 Å². The zero-order valence-electron chi connectivity index (χ0n) is 15.6. The van der Waals surface area contributed by atoms with Crippen LogP contribution in [0.3, 0.4) is 0 Å². The maximum Gasteiger partial charge on any atom is 0.0781 e. The van der Waals surface area contributed by atoms with Gasteiger partial charge in [-0.1, -0.05) is 0 Å². The average molecular weight is 336 g/mol. The Bertz CT molecular complexity index is 261. The number of hydrogen-bond acceptors (Lipinski definition) is 6. The van der Waals surface area contributed by atoms with Crippen LogP contribution in [0.1, 0.15) is 41.5 Å². The third-order valence-corrected chi connectivity index (χ3v) is 3.02. The molecule has 0 saturated heterocycles. The van der Waals surface area contributed by atoms with Crippen molar-refractivity contribution in [3.8, 4) is 0 Å². The molecule has 0 aliphatic rings. The third kappa shape index (κ3) is 15.1. The van der Waals surface area contributed by atoms with Crippen LogP contribution in [-0.2, 0) is 23.7 Å². The molecule has 140 valence electrons. The Morgan fingerprint density at radius 1 is 0.609 bits per heavy atom. The zero-order chi connectivity index (χ0) is 17.7. The molecule has 0 saturated carbocycles. The second kappa shape index (κ2) is 14.1. The van der Waals surface area contributed by atoms with Crippen molar-refractivity contribution in [2.45, 2.75) is 72.1 Å². The minimum absolute atomic E-state index is 0.00837. The summed E-state index contributed by atoms with van der Waals surface area (Å²) in [5, 5.41) is 9.16. The topological polar surface area (TPSA) is 66.4 Å². The molecule has 0 aromatic rings. The van der Waals surface area contributed by atoms with Crippen molar-refractivity contribution >= 4 is 0 Å². The third-order valence-electron chi connectivity index (χ3n) is 3.02. The molecule has 0 amide bonds. The van der Waals surface area contributed by atoms with Gasteiger partial charge in [0.15, 0.2) is 0 Å². The smallest absolute Gasteiger partial charge is 0.0781 e. The quantitative estimate of drug-likeness (QED) is 0.493. The van der Waals surface area contributed by atoms with Gasteiger partial charge < -0.3 is 28.8 Å². The first-order chi connectivity index (χ1) is 10.8. The van der Waals surface area contributed by atoms with Crippen LogP contribution in [0.4, 0.5) is 0 Å². The van der Waals surface area contributed by atoms with Gasteiger partial charge >= 0.3 is 0 Å². The summed E-state index contributed by atoms with van der Waals surface area (Å²) >= 11 is 0. The fourth-order valence-electron chi connectivity index (χ4n) is 1.68. The normalized spacial score (nSPS) is 18.4. The maximum atomic E-state index is 9.16. The van der Waals surface area contributed by atoms with Crippen LogP contribution in [0.2, 0.25) is 0 Å². The molecule has 5 atom stereocenters. The predicted octanol–water partition coefficient (Wildman–Crippen LogP) is 2.02. The largest absolute Gasteiger partial charge is 0.391 e. The highest BCUT2D eigenvalue weighted by Gasteiger charge is 2.11. The lowest BCUT2D eigenvalue weighted by Gasteiger charge is -2.21. The number of aliphatic hydroxyl groups excluding tert-OH is 1. The van der Waals surface area contributed by atoms with Crippen LogP contribution < -0.4 is 0 Å². The van der Waals surface area contributed by atoms with E-state index in [1.807, 2.05) is 34.6 Å². The monoisotopic (exact) mass is 336 g/mol. The molecule has 6 heteroatoms. The number of ether oxygens (including phenoxy) is 5. The van der Waals surface area contributed by atoms with Crippen LogP contribution in [0.25, 0.3) is 0 Å². The fraction of sp³-hybridized carbons (Fsp3) is 1.00. The Balaban J connectivity index is 3.65. The predicted molar refractivity (Wildman–Crippen MR) is 89.8 cm³/mol. The Morgan fingerprint density at radius 2 is 0.957 bits per heavy atom. The van der Waals surface area contributed by atoms with Crippen LogP contribution in [0.5, 0.6) is 0 Å². The van der Waals surface area contributed by atoms with E-state index >= 15 is 0 Å². The van der Waals surface area contributed by atoms with Gasteiger partial charge in [-0.15, -0.1) is 0 Å². The van der Waals surface area contributed by atoms with E-state index in [0.717, 1.165) is 0 Å². The Hall–Kier alpha value is -0.240. The first kappa shape index (κ1) is 22.8. The van der Waals surface area contributed by atoms with Crippen LogP contribution in [0.15, 0.2) is 0 Å². The summed E-state index contributed by atoms with van der Waals surface area (Å²) in [6, 6.07) is 0. The zero-order valence-corrected chi connectivity index (χ0v) is 15.6. The molecular formula is C17H36O6. The van der Waals surface area contributed by atoms with Gasteiger partial charge in [0.05, 0.1) is 63.6 Å². The van der Waals surface area contributed by atoms with E-state index < -0.39 is 6.10 Å². The number of rotatable bonds is 15. The summed E-state index contributed by atoms with van der Waals surface area (Å²) in [5.41, 5.74) is 0. The summed E-state index contributed by atoms with van der Waals surface area (Å²) in [7, 11) is 0. The van der Waals surface area contributed by atoms with Gasteiger partial charge in [0, 0.05) is 6.61 Å². The lowest BCUT2D eigenvalue weighted by atomic mass is 10.3. The van der Waals surface area contributed by atoms with Crippen molar-refractivity contribution in [2.75, 3.05) is 39.6 Å². The molecule has 0 aliphatic carbocycles. The van der Waals surface area contributed by atoms with Crippen molar-refractivity contribution in [2.24, 2.45) is 0 Å². The minimum Gasteiger partial charge on any atom is -0.391 e. The van der Waals surface area contributed by atoms with Gasteiger partial charge in [0.1, 0.15) is 0 Å². The highest BCUT2D eigenvalue weighted by atomic mass is 16.6. The molecule has 0 bridgehead atoms. The molecular weight excluding hydrogens is 300 g/mol. The number of hydrogen-bond donors (Lipinski definition) is 1. The maximum absolute atomic E-state index is 9.16. The summed E-state index contributed by atoms with van der Waals surface area (Å²) in [4.78, 5) is 0. The first-order valence-corrected chi connectivity index (χ1v) is 8.57. The van der Waals surface area contributed by atoms with Gasteiger partial charge in [-0.3, -0.25) is 0 Å². The molecule has 0 heterocycles. The lowest BCUT2D eigenvalue weighted by molar-refractivity contribution is -0.0957. The average Bonchev–Trinajstić information content (AvgIpc) is 2.52. The van der Waals surface area contributed by atoms with Crippen molar-refractivity contribution < 1.29 is 28.8 Å². The minimum atomic E-state index is -0.454. The van der Waals surface area contributed by atoms with E-state index in [1.54, 1.807) is 6.92 Å². The van der Waals surface area contributed by atoms with Gasteiger partial charge in [0.25, 0.3) is 0 Å². The second-order valence-electron chi connectivity index (χ2n) is 6.08. The van der Waals surface area contributed by atoms with Gasteiger partial charge in [-0.25, -0.2) is 0 Å². The van der Waals surface area contributed by atoms with Crippen molar-refractivity contribution in [3.63, 3.8) is 0 Å². The van der Waals surface area contributed by atoms with Crippen molar-refractivity contribution in [1.29, 1.82) is 0 Å². The lowest BCUT2D eigenvalue weighted by Crippen LogP contribution is -2.28. The Labute approximate surface area is 141 Å². The molecule has 5 unspecified atom stereocenters. The summed E-state index contributed by atoms with van der Waals surface area (Å²) in [6.45, 7) is 14.7. The first-order valence-electron chi connectivity index (χ1n) is 8.57. The molecule has 0 fully saturated rings. The molecule has 23 heavy (non-hydrogen) atoms. The summed E-state index contributed by atoms with van der Waals surface area (Å²) in [5.74, 6) is 0. The summed E-state index contributed by atoms with van der Waals surface area (Å²) in [6.07, 6.45) is -0.442. The molecule has 1 N–H and O–H groups in total. The molecule has 0 rings (SSSR count). The van der Waals surface area contributed by atoms with Gasteiger partial charge in [-0.2, -0.15) is 0 Å². The van der Waals surface area contributed by atoms with Crippen LogP contribution in [0, 0.1) is 0 Å². The van der Waals surface area contributed by atoms with E-state index in [2.05, 4.69) is 0 Å². The molecule has 0 radical (unpaired) electrons. The van der Waals surface area contributed by atoms with Crippen LogP contribution in [-0.4, -0.2) is 75.3 Å². The Kier molecular flexibility index (Phi) is 14.0. The molecule has 6 nitrogen and oxygen atoms in total. The van der Waals surface area contributed by atoms with Crippen LogP contribution >= 0.6 is 0 Å². The van der Waals surface area contributed by atoms with E-state index in [1.165, 1.54) is 0 Å². The SMILES string of the molecule is CCOCC(C)OCC(C)OCC(C)OCC(C)OCC(C)O.